The van der Waals surface area contributed by atoms with Crippen molar-refractivity contribution < 1.29 is 0 Å². The summed E-state index contributed by atoms with van der Waals surface area (Å²) in [5.41, 5.74) is 1.70. The van der Waals surface area contributed by atoms with Crippen molar-refractivity contribution in [1.82, 2.24) is 0 Å². The SMILES string of the molecule is CCC=CC(CCC)CC(C)C1=CC1C. The Morgan fingerprint density at radius 2 is 2.07 bits per heavy atom. The van der Waals surface area contributed by atoms with E-state index in [1.165, 1.54) is 25.7 Å². The topological polar surface area (TPSA) is 0 Å². The van der Waals surface area contributed by atoms with Crippen LogP contribution in [-0.2, 0) is 0 Å². The van der Waals surface area contributed by atoms with E-state index in [0.29, 0.717) is 0 Å². The second kappa shape index (κ2) is 6.15. The molecule has 0 heteroatoms. The van der Waals surface area contributed by atoms with Crippen molar-refractivity contribution in [1.29, 1.82) is 0 Å². The predicted octanol–water partition coefficient (Wildman–Crippen LogP) is 4.97. The van der Waals surface area contributed by atoms with E-state index in [1.807, 2.05) is 0 Å². The minimum atomic E-state index is 0.803. The smallest absolute Gasteiger partial charge is 0.00458 e. The van der Waals surface area contributed by atoms with Gasteiger partial charge in [0.05, 0.1) is 0 Å². The molecule has 0 bridgehead atoms. The third kappa shape index (κ3) is 4.24. The van der Waals surface area contributed by atoms with Gasteiger partial charge in [0.15, 0.2) is 0 Å². The van der Waals surface area contributed by atoms with Crippen LogP contribution in [0.25, 0.3) is 0 Å². The summed E-state index contributed by atoms with van der Waals surface area (Å²) in [6.07, 6.45) is 12.4. The second-order valence-corrected chi connectivity index (χ2v) is 4.98. The summed E-state index contributed by atoms with van der Waals surface area (Å²) in [4.78, 5) is 0. The summed E-state index contributed by atoms with van der Waals surface area (Å²) in [5, 5.41) is 0. The Morgan fingerprint density at radius 1 is 1.40 bits per heavy atom. The van der Waals surface area contributed by atoms with Gasteiger partial charge in [-0.2, -0.15) is 0 Å². The summed E-state index contributed by atoms with van der Waals surface area (Å²) in [6.45, 7) is 9.20. The molecule has 1 aliphatic carbocycles. The molecule has 1 rings (SSSR count). The largest absolute Gasteiger partial charge is 0.0885 e. The lowest BCUT2D eigenvalue weighted by Gasteiger charge is -2.16. The fourth-order valence-electron chi connectivity index (χ4n) is 2.44. The van der Waals surface area contributed by atoms with Crippen molar-refractivity contribution >= 4 is 0 Å². The first-order valence-electron chi connectivity index (χ1n) is 6.57. The van der Waals surface area contributed by atoms with Crippen molar-refractivity contribution in [2.45, 2.75) is 53.4 Å². The molecule has 3 atom stereocenters. The second-order valence-electron chi connectivity index (χ2n) is 4.98. The number of hydrogen-bond acceptors (Lipinski definition) is 0. The number of allylic oxidation sites excluding steroid dienone is 4. The van der Waals surface area contributed by atoms with Crippen LogP contribution < -0.4 is 0 Å². The van der Waals surface area contributed by atoms with Gasteiger partial charge in [0.1, 0.15) is 0 Å². The summed E-state index contributed by atoms with van der Waals surface area (Å²) in [7, 11) is 0. The zero-order valence-corrected chi connectivity index (χ0v) is 10.8. The highest BCUT2D eigenvalue weighted by atomic mass is 14.3. The van der Waals surface area contributed by atoms with Gasteiger partial charge in [-0.05, 0) is 37.0 Å². The van der Waals surface area contributed by atoms with Crippen LogP contribution in [0.1, 0.15) is 53.4 Å². The molecule has 15 heavy (non-hydrogen) atoms. The summed E-state index contributed by atoms with van der Waals surface area (Å²) in [6, 6.07) is 0. The van der Waals surface area contributed by atoms with Crippen molar-refractivity contribution in [3.05, 3.63) is 23.8 Å². The van der Waals surface area contributed by atoms with Gasteiger partial charge in [-0.25, -0.2) is 0 Å². The van der Waals surface area contributed by atoms with Gasteiger partial charge in [-0.3, -0.25) is 0 Å². The van der Waals surface area contributed by atoms with E-state index in [1.54, 1.807) is 5.57 Å². The molecule has 86 valence electrons. The highest BCUT2D eigenvalue weighted by Crippen LogP contribution is 2.38. The molecule has 0 spiro atoms. The Morgan fingerprint density at radius 3 is 2.53 bits per heavy atom. The van der Waals surface area contributed by atoms with Gasteiger partial charge < -0.3 is 0 Å². The predicted molar refractivity (Wildman–Crippen MR) is 68.9 cm³/mol. The molecule has 1 aliphatic rings. The van der Waals surface area contributed by atoms with Crippen molar-refractivity contribution in [2.24, 2.45) is 17.8 Å². The van der Waals surface area contributed by atoms with Gasteiger partial charge in [-0.1, -0.05) is 57.9 Å². The van der Waals surface area contributed by atoms with Gasteiger partial charge >= 0.3 is 0 Å². The number of hydrogen-bond donors (Lipinski definition) is 0. The minimum absolute atomic E-state index is 0.803. The molecular formula is C15H26. The standard InChI is InChI=1S/C15H26/c1-5-7-9-14(8-6-2)10-12(3)15-11-13(15)4/h7,9,11-14H,5-6,8,10H2,1-4H3. The van der Waals surface area contributed by atoms with E-state index in [9.17, 15) is 0 Å². The van der Waals surface area contributed by atoms with Crippen LogP contribution in [0.15, 0.2) is 23.8 Å². The first-order valence-corrected chi connectivity index (χ1v) is 6.57. The van der Waals surface area contributed by atoms with E-state index < -0.39 is 0 Å². The summed E-state index contributed by atoms with van der Waals surface area (Å²) in [5.74, 6) is 2.41. The zero-order chi connectivity index (χ0) is 11.3. The molecular weight excluding hydrogens is 180 g/mol. The quantitative estimate of drug-likeness (QED) is 0.516. The van der Waals surface area contributed by atoms with E-state index in [0.717, 1.165) is 17.8 Å². The molecule has 0 saturated heterocycles. The average Bonchev–Trinajstić information content (AvgIpc) is 2.92. The molecule has 0 saturated carbocycles. The van der Waals surface area contributed by atoms with Gasteiger partial charge in [0.2, 0.25) is 0 Å². The Hall–Kier alpha value is -0.520. The third-order valence-corrected chi connectivity index (χ3v) is 3.39. The maximum absolute atomic E-state index is 2.44. The lowest BCUT2D eigenvalue weighted by atomic mass is 9.89. The highest BCUT2D eigenvalue weighted by molar-refractivity contribution is 5.29. The Kier molecular flexibility index (Phi) is 5.14. The molecule has 0 aliphatic heterocycles. The van der Waals surface area contributed by atoms with E-state index >= 15 is 0 Å². The zero-order valence-electron chi connectivity index (χ0n) is 10.8. The Labute approximate surface area is 95.5 Å². The molecule has 0 radical (unpaired) electrons. The molecule has 0 aromatic carbocycles. The lowest BCUT2D eigenvalue weighted by molar-refractivity contribution is 0.461. The first-order chi connectivity index (χ1) is 7.19. The van der Waals surface area contributed by atoms with Crippen molar-refractivity contribution in [3.8, 4) is 0 Å². The fourth-order valence-corrected chi connectivity index (χ4v) is 2.44. The summed E-state index contributed by atoms with van der Waals surface area (Å²) >= 11 is 0. The van der Waals surface area contributed by atoms with Crippen molar-refractivity contribution in [3.63, 3.8) is 0 Å². The monoisotopic (exact) mass is 206 g/mol. The van der Waals surface area contributed by atoms with Gasteiger partial charge in [0.25, 0.3) is 0 Å². The maximum atomic E-state index is 2.44. The fraction of sp³-hybridized carbons (Fsp3) is 0.733. The normalized spacial score (nSPS) is 24.0. The Balaban J connectivity index is 2.36. The average molecular weight is 206 g/mol. The van der Waals surface area contributed by atoms with Gasteiger partial charge in [-0.15, -0.1) is 0 Å². The van der Waals surface area contributed by atoms with Gasteiger partial charge in [0, 0.05) is 0 Å². The van der Waals surface area contributed by atoms with Crippen LogP contribution in [0.5, 0.6) is 0 Å². The van der Waals surface area contributed by atoms with Crippen LogP contribution >= 0.6 is 0 Å². The molecule has 0 nitrogen and oxygen atoms in total. The molecule has 0 fully saturated rings. The molecule has 0 amide bonds. The molecule has 0 N–H and O–H groups in total. The first kappa shape index (κ1) is 12.5. The maximum Gasteiger partial charge on any atom is -0.00458 e. The Bertz CT molecular complexity index is 234. The van der Waals surface area contributed by atoms with E-state index in [4.69, 9.17) is 0 Å². The van der Waals surface area contributed by atoms with E-state index in [2.05, 4.69) is 45.9 Å². The van der Waals surface area contributed by atoms with Crippen LogP contribution in [0.3, 0.4) is 0 Å². The van der Waals surface area contributed by atoms with Crippen molar-refractivity contribution in [2.75, 3.05) is 0 Å². The lowest BCUT2D eigenvalue weighted by Crippen LogP contribution is -2.04. The van der Waals surface area contributed by atoms with Crippen LogP contribution in [0, 0.1) is 17.8 Å². The molecule has 0 aromatic rings. The van der Waals surface area contributed by atoms with Crippen LogP contribution in [0.4, 0.5) is 0 Å². The van der Waals surface area contributed by atoms with Crippen LogP contribution in [0.2, 0.25) is 0 Å². The highest BCUT2D eigenvalue weighted by Gasteiger charge is 2.25. The minimum Gasteiger partial charge on any atom is -0.0885 e. The van der Waals surface area contributed by atoms with Crippen LogP contribution in [-0.4, -0.2) is 0 Å². The molecule has 3 unspecified atom stereocenters. The molecule has 0 aromatic heterocycles. The van der Waals surface area contributed by atoms with E-state index in [-0.39, 0.29) is 0 Å². The summed E-state index contributed by atoms with van der Waals surface area (Å²) < 4.78 is 0. The molecule has 0 heterocycles. The number of rotatable bonds is 7. The third-order valence-electron chi connectivity index (χ3n) is 3.39.